The van der Waals surface area contributed by atoms with Gasteiger partial charge in [-0.3, -0.25) is 0 Å². The molecular formula is C13H18ClN. The molecule has 0 aliphatic rings. The fourth-order valence-corrected chi connectivity index (χ4v) is 1.77. The Kier molecular flexibility index (Phi) is 4.70. The van der Waals surface area contributed by atoms with Crippen LogP contribution in [0.5, 0.6) is 0 Å². The van der Waals surface area contributed by atoms with E-state index in [1.807, 2.05) is 24.3 Å². The number of benzene rings is 1. The topological polar surface area (TPSA) is 12.0 Å². The molecule has 1 N–H and O–H groups in total. The first kappa shape index (κ1) is 12.1. The second kappa shape index (κ2) is 5.82. The Labute approximate surface area is 97.1 Å². The van der Waals surface area contributed by atoms with E-state index < -0.39 is 0 Å². The minimum atomic E-state index is 0.480. The van der Waals surface area contributed by atoms with Gasteiger partial charge in [-0.25, -0.2) is 0 Å². The van der Waals surface area contributed by atoms with Gasteiger partial charge in [0.15, 0.2) is 0 Å². The number of rotatable bonds is 5. The number of hydrogen-bond donors (Lipinski definition) is 1. The predicted molar refractivity (Wildman–Crippen MR) is 68.0 cm³/mol. The van der Waals surface area contributed by atoms with Gasteiger partial charge in [-0.1, -0.05) is 50.2 Å². The summed E-state index contributed by atoms with van der Waals surface area (Å²) in [6.07, 6.45) is 2.19. The number of halogens is 1. The molecule has 0 spiro atoms. The maximum atomic E-state index is 6.09. The Morgan fingerprint density at radius 3 is 2.47 bits per heavy atom. The Hall–Kier alpha value is -0.950. The summed E-state index contributed by atoms with van der Waals surface area (Å²) < 4.78 is 0. The van der Waals surface area contributed by atoms with Crippen molar-refractivity contribution in [1.29, 1.82) is 0 Å². The highest BCUT2D eigenvalue weighted by atomic mass is 35.5. The largest absolute Gasteiger partial charge is 0.382 e. The smallest absolute Gasteiger partial charge is 0.0498 e. The molecule has 2 heteroatoms. The summed E-state index contributed by atoms with van der Waals surface area (Å²) in [7, 11) is 0. The average Bonchev–Trinajstić information content (AvgIpc) is 2.26. The first-order valence-corrected chi connectivity index (χ1v) is 5.77. The van der Waals surface area contributed by atoms with Crippen LogP contribution in [-0.4, -0.2) is 6.04 Å². The van der Waals surface area contributed by atoms with Crippen molar-refractivity contribution in [1.82, 2.24) is 5.32 Å². The standard InChI is InChI=1S/C13H18ClN/c1-4-11(5-2)15-10(3)12-8-6-7-9-13(12)14/h6-9,11,15H,3-5H2,1-2H3. The van der Waals surface area contributed by atoms with E-state index in [0.29, 0.717) is 6.04 Å². The van der Waals surface area contributed by atoms with Gasteiger partial charge in [0.05, 0.1) is 0 Å². The second-order valence-electron chi connectivity index (χ2n) is 3.62. The van der Waals surface area contributed by atoms with E-state index in [0.717, 1.165) is 29.1 Å². The minimum Gasteiger partial charge on any atom is -0.382 e. The first-order valence-electron chi connectivity index (χ1n) is 5.39. The molecule has 82 valence electrons. The molecule has 0 atom stereocenters. The Balaban J connectivity index is 2.73. The summed E-state index contributed by atoms with van der Waals surface area (Å²) in [6.45, 7) is 8.36. The molecule has 0 amide bonds. The third-order valence-corrected chi connectivity index (χ3v) is 2.89. The van der Waals surface area contributed by atoms with Crippen LogP contribution in [0.1, 0.15) is 32.3 Å². The van der Waals surface area contributed by atoms with Crippen molar-refractivity contribution in [2.75, 3.05) is 0 Å². The quantitative estimate of drug-likeness (QED) is 0.793. The van der Waals surface area contributed by atoms with Gasteiger partial charge in [0, 0.05) is 22.3 Å². The predicted octanol–water partition coefficient (Wildman–Crippen LogP) is 4.09. The van der Waals surface area contributed by atoms with Gasteiger partial charge in [0.1, 0.15) is 0 Å². The third-order valence-electron chi connectivity index (χ3n) is 2.56. The molecule has 15 heavy (non-hydrogen) atoms. The zero-order chi connectivity index (χ0) is 11.3. The van der Waals surface area contributed by atoms with Crippen LogP contribution in [0.25, 0.3) is 5.70 Å². The van der Waals surface area contributed by atoms with Crippen LogP contribution in [0.3, 0.4) is 0 Å². The van der Waals surface area contributed by atoms with Crippen molar-refractivity contribution in [3.8, 4) is 0 Å². The molecule has 1 aromatic rings. The molecular weight excluding hydrogens is 206 g/mol. The highest BCUT2D eigenvalue weighted by molar-refractivity contribution is 6.32. The molecule has 0 bridgehead atoms. The van der Waals surface area contributed by atoms with Gasteiger partial charge in [0.25, 0.3) is 0 Å². The van der Waals surface area contributed by atoms with Crippen LogP contribution in [0.2, 0.25) is 5.02 Å². The number of nitrogens with one attached hydrogen (secondary N) is 1. The van der Waals surface area contributed by atoms with Crippen LogP contribution < -0.4 is 5.32 Å². The van der Waals surface area contributed by atoms with E-state index in [1.54, 1.807) is 0 Å². The average molecular weight is 224 g/mol. The Morgan fingerprint density at radius 1 is 1.33 bits per heavy atom. The number of hydrogen-bond acceptors (Lipinski definition) is 1. The Bertz CT molecular complexity index is 329. The van der Waals surface area contributed by atoms with Crippen molar-refractivity contribution in [2.24, 2.45) is 0 Å². The van der Waals surface area contributed by atoms with Crippen LogP contribution in [0.15, 0.2) is 30.8 Å². The zero-order valence-corrected chi connectivity index (χ0v) is 10.1. The monoisotopic (exact) mass is 223 g/mol. The lowest BCUT2D eigenvalue weighted by atomic mass is 10.1. The first-order chi connectivity index (χ1) is 7.19. The van der Waals surface area contributed by atoms with Gasteiger partial charge in [-0.15, -0.1) is 0 Å². The lowest BCUT2D eigenvalue weighted by Gasteiger charge is -2.18. The summed E-state index contributed by atoms with van der Waals surface area (Å²) in [6, 6.07) is 8.25. The van der Waals surface area contributed by atoms with E-state index in [-0.39, 0.29) is 0 Å². The third kappa shape index (κ3) is 3.28. The van der Waals surface area contributed by atoms with Crippen molar-refractivity contribution in [2.45, 2.75) is 32.7 Å². The fourth-order valence-electron chi connectivity index (χ4n) is 1.52. The summed E-state index contributed by atoms with van der Waals surface area (Å²) in [4.78, 5) is 0. The van der Waals surface area contributed by atoms with Crippen LogP contribution in [-0.2, 0) is 0 Å². The molecule has 0 aromatic heterocycles. The molecule has 1 aromatic carbocycles. The van der Waals surface area contributed by atoms with Crippen LogP contribution in [0, 0.1) is 0 Å². The lowest BCUT2D eigenvalue weighted by Crippen LogP contribution is -2.25. The summed E-state index contributed by atoms with van der Waals surface area (Å²) in [5.41, 5.74) is 1.90. The maximum absolute atomic E-state index is 6.09. The SMILES string of the molecule is C=C(NC(CC)CC)c1ccccc1Cl. The summed E-state index contributed by atoms with van der Waals surface area (Å²) in [5, 5.41) is 4.15. The second-order valence-corrected chi connectivity index (χ2v) is 4.02. The highest BCUT2D eigenvalue weighted by Crippen LogP contribution is 2.21. The van der Waals surface area contributed by atoms with E-state index in [9.17, 15) is 0 Å². The Morgan fingerprint density at radius 2 is 1.93 bits per heavy atom. The molecule has 0 aliphatic carbocycles. The maximum Gasteiger partial charge on any atom is 0.0498 e. The summed E-state index contributed by atoms with van der Waals surface area (Å²) >= 11 is 6.09. The molecule has 1 nitrogen and oxygen atoms in total. The van der Waals surface area contributed by atoms with Crippen molar-refractivity contribution in [3.05, 3.63) is 41.4 Å². The van der Waals surface area contributed by atoms with E-state index >= 15 is 0 Å². The molecule has 0 radical (unpaired) electrons. The van der Waals surface area contributed by atoms with Crippen LogP contribution in [0.4, 0.5) is 0 Å². The van der Waals surface area contributed by atoms with Gasteiger partial charge in [-0.05, 0) is 18.9 Å². The van der Waals surface area contributed by atoms with E-state index in [1.165, 1.54) is 0 Å². The minimum absolute atomic E-state index is 0.480. The molecule has 0 aliphatic heterocycles. The molecule has 0 heterocycles. The van der Waals surface area contributed by atoms with Gasteiger partial charge < -0.3 is 5.32 Å². The van der Waals surface area contributed by atoms with Gasteiger partial charge in [0.2, 0.25) is 0 Å². The zero-order valence-electron chi connectivity index (χ0n) is 9.39. The van der Waals surface area contributed by atoms with Gasteiger partial charge in [-0.2, -0.15) is 0 Å². The molecule has 1 rings (SSSR count). The molecule has 0 fully saturated rings. The fraction of sp³-hybridized carbons (Fsp3) is 0.385. The van der Waals surface area contributed by atoms with Crippen molar-refractivity contribution >= 4 is 17.3 Å². The highest BCUT2D eigenvalue weighted by Gasteiger charge is 2.07. The molecule has 0 saturated carbocycles. The van der Waals surface area contributed by atoms with Crippen molar-refractivity contribution in [3.63, 3.8) is 0 Å². The van der Waals surface area contributed by atoms with E-state index in [4.69, 9.17) is 11.6 Å². The van der Waals surface area contributed by atoms with Gasteiger partial charge >= 0.3 is 0 Å². The molecule has 0 unspecified atom stereocenters. The lowest BCUT2D eigenvalue weighted by molar-refractivity contribution is 0.561. The molecule has 0 saturated heterocycles. The van der Waals surface area contributed by atoms with Crippen LogP contribution >= 0.6 is 11.6 Å². The normalized spacial score (nSPS) is 10.4. The van der Waals surface area contributed by atoms with Crippen molar-refractivity contribution < 1.29 is 0 Å². The van der Waals surface area contributed by atoms with E-state index in [2.05, 4.69) is 25.7 Å². The summed E-state index contributed by atoms with van der Waals surface area (Å²) in [5.74, 6) is 0.